The quantitative estimate of drug-likeness (QED) is 0.521. The molecular formula is C13H24N2O4. The molecule has 0 saturated carbocycles. The first kappa shape index (κ1) is 15.9. The maximum atomic E-state index is 11.8. The molecule has 1 heterocycles. The first-order valence-electron chi connectivity index (χ1n) is 6.76. The van der Waals surface area contributed by atoms with E-state index >= 15 is 0 Å². The summed E-state index contributed by atoms with van der Waals surface area (Å²) in [5, 5.41) is 12.7. The van der Waals surface area contributed by atoms with E-state index in [1.807, 2.05) is 4.90 Å². The van der Waals surface area contributed by atoms with E-state index in [0.717, 1.165) is 25.9 Å². The maximum absolute atomic E-state index is 11.8. The zero-order valence-electron chi connectivity index (χ0n) is 11.8. The molecule has 0 aliphatic carbocycles. The van der Waals surface area contributed by atoms with E-state index < -0.39 is 11.6 Å². The summed E-state index contributed by atoms with van der Waals surface area (Å²) < 4.78 is 4.48. The number of hydrogen-bond donors (Lipinski definition) is 2. The van der Waals surface area contributed by atoms with Crippen molar-refractivity contribution in [3.05, 3.63) is 0 Å². The summed E-state index contributed by atoms with van der Waals surface area (Å²) in [6, 6.07) is 0. The lowest BCUT2D eigenvalue weighted by Gasteiger charge is -2.27. The van der Waals surface area contributed by atoms with Crippen LogP contribution in [0.25, 0.3) is 0 Å². The second-order valence-corrected chi connectivity index (χ2v) is 5.13. The molecule has 1 rings (SSSR count). The third-order valence-corrected chi connectivity index (χ3v) is 3.32. The summed E-state index contributed by atoms with van der Waals surface area (Å²) in [5.74, 6) is -0.549. The number of esters is 1. The van der Waals surface area contributed by atoms with Crippen molar-refractivity contribution in [3.8, 4) is 0 Å². The third-order valence-electron chi connectivity index (χ3n) is 3.32. The Bertz CT molecular complexity index is 312. The Kier molecular flexibility index (Phi) is 6.24. The van der Waals surface area contributed by atoms with Crippen molar-refractivity contribution in [1.29, 1.82) is 0 Å². The van der Waals surface area contributed by atoms with E-state index in [9.17, 15) is 14.7 Å². The van der Waals surface area contributed by atoms with E-state index in [1.54, 1.807) is 0 Å². The molecule has 1 aliphatic heterocycles. The summed E-state index contributed by atoms with van der Waals surface area (Å²) in [6.07, 6.45) is 3.74. The number of nitrogens with one attached hydrogen (secondary N) is 1. The Balaban J connectivity index is 2.19. The molecule has 1 amide bonds. The van der Waals surface area contributed by atoms with Crippen molar-refractivity contribution in [1.82, 2.24) is 10.2 Å². The molecule has 1 saturated heterocycles. The average Bonchev–Trinajstić information content (AvgIpc) is 2.43. The number of aliphatic hydroxyl groups is 1. The van der Waals surface area contributed by atoms with Crippen LogP contribution < -0.4 is 5.32 Å². The fourth-order valence-electron chi connectivity index (χ4n) is 2.12. The normalized spacial score (nSPS) is 18.8. The second-order valence-electron chi connectivity index (χ2n) is 5.13. The highest BCUT2D eigenvalue weighted by atomic mass is 16.5. The van der Waals surface area contributed by atoms with Crippen LogP contribution in [0.2, 0.25) is 0 Å². The van der Waals surface area contributed by atoms with Gasteiger partial charge in [0.2, 0.25) is 5.91 Å². The van der Waals surface area contributed by atoms with Gasteiger partial charge in [-0.25, -0.2) is 4.79 Å². The Morgan fingerprint density at radius 2 is 1.95 bits per heavy atom. The Morgan fingerprint density at radius 1 is 1.32 bits per heavy atom. The van der Waals surface area contributed by atoms with Gasteiger partial charge in [-0.05, 0) is 26.2 Å². The van der Waals surface area contributed by atoms with E-state index in [1.165, 1.54) is 20.5 Å². The fourth-order valence-corrected chi connectivity index (χ4v) is 2.12. The molecule has 0 bridgehead atoms. The third kappa shape index (κ3) is 5.16. The number of likely N-dealkylation sites (tertiary alicyclic amines) is 1. The Morgan fingerprint density at radius 3 is 2.53 bits per heavy atom. The zero-order chi connectivity index (χ0) is 14.3. The number of amides is 1. The summed E-state index contributed by atoms with van der Waals surface area (Å²) in [7, 11) is 1.23. The smallest absolute Gasteiger partial charge is 0.338 e. The minimum absolute atomic E-state index is 0.0763. The first-order chi connectivity index (χ1) is 8.97. The molecule has 0 aromatic rings. The summed E-state index contributed by atoms with van der Waals surface area (Å²) in [6.45, 7) is 3.60. The molecule has 1 fully saturated rings. The molecule has 1 aliphatic rings. The van der Waals surface area contributed by atoms with Gasteiger partial charge in [-0.2, -0.15) is 0 Å². The molecule has 0 aromatic carbocycles. The van der Waals surface area contributed by atoms with Crippen LogP contribution in [-0.4, -0.2) is 60.8 Å². The number of carbonyl (C=O) groups excluding carboxylic acids is 2. The molecule has 0 radical (unpaired) electrons. The van der Waals surface area contributed by atoms with Gasteiger partial charge in [0.05, 0.1) is 7.11 Å². The zero-order valence-corrected chi connectivity index (χ0v) is 11.8. The van der Waals surface area contributed by atoms with Crippen LogP contribution in [0.1, 0.15) is 32.6 Å². The fraction of sp³-hybridized carbons (Fsp3) is 0.846. The predicted molar refractivity (Wildman–Crippen MR) is 70.6 cm³/mol. The number of piperidine rings is 1. The number of rotatable bonds is 6. The highest BCUT2D eigenvalue weighted by Crippen LogP contribution is 2.09. The molecule has 0 spiro atoms. The molecule has 2 N–H and O–H groups in total. The molecule has 1 atom stereocenters. The number of hydrogen-bond acceptors (Lipinski definition) is 5. The highest BCUT2D eigenvalue weighted by Gasteiger charge is 2.30. The van der Waals surface area contributed by atoms with E-state index in [0.29, 0.717) is 13.0 Å². The van der Waals surface area contributed by atoms with Gasteiger partial charge in [0.1, 0.15) is 0 Å². The summed E-state index contributed by atoms with van der Waals surface area (Å²) in [5.41, 5.74) is -1.55. The van der Waals surface area contributed by atoms with Crippen molar-refractivity contribution in [2.75, 3.05) is 33.3 Å². The van der Waals surface area contributed by atoms with Crippen molar-refractivity contribution in [2.24, 2.45) is 0 Å². The van der Waals surface area contributed by atoms with E-state index in [4.69, 9.17) is 0 Å². The second kappa shape index (κ2) is 7.45. The van der Waals surface area contributed by atoms with Crippen LogP contribution in [0.3, 0.4) is 0 Å². The van der Waals surface area contributed by atoms with Crippen LogP contribution in [0.15, 0.2) is 0 Å². The minimum atomic E-state index is -1.55. The summed E-state index contributed by atoms with van der Waals surface area (Å²) >= 11 is 0. The van der Waals surface area contributed by atoms with Crippen molar-refractivity contribution >= 4 is 11.9 Å². The van der Waals surface area contributed by atoms with Gasteiger partial charge in [0.25, 0.3) is 0 Å². The lowest BCUT2D eigenvalue weighted by Crippen LogP contribution is -2.46. The molecule has 1 unspecified atom stereocenters. The van der Waals surface area contributed by atoms with Crippen LogP contribution in [-0.2, 0) is 14.3 Å². The molecule has 19 heavy (non-hydrogen) atoms. The van der Waals surface area contributed by atoms with Crippen molar-refractivity contribution in [3.63, 3.8) is 0 Å². The lowest BCUT2D eigenvalue weighted by molar-refractivity contribution is -0.159. The molecule has 6 heteroatoms. The molecule has 6 nitrogen and oxygen atoms in total. The monoisotopic (exact) mass is 272 g/mol. The molecule has 110 valence electrons. The van der Waals surface area contributed by atoms with Gasteiger partial charge in [-0.3, -0.25) is 4.79 Å². The first-order valence-corrected chi connectivity index (χ1v) is 6.76. The van der Waals surface area contributed by atoms with E-state index in [-0.39, 0.29) is 12.5 Å². The van der Waals surface area contributed by atoms with Crippen LogP contribution in [0.4, 0.5) is 0 Å². The highest BCUT2D eigenvalue weighted by molar-refractivity contribution is 5.79. The van der Waals surface area contributed by atoms with Gasteiger partial charge in [-0.15, -0.1) is 0 Å². The average molecular weight is 272 g/mol. The van der Waals surface area contributed by atoms with Crippen LogP contribution in [0.5, 0.6) is 0 Å². The summed E-state index contributed by atoms with van der Waals surface area (Å²) in [4.78, 5) is 24.9. The van der Waals surface area contributed by atoms with Gasteiger partial charge in [0, 0.05) is 32.6 Å². The molecular weight excluding hydrogens is 248 g/mol. The largest absolute Gasteiger partial charge is 0.467 e. The Labute approximate surface area is 114 Å². The van der Waals surface area contributed by atoms with Gasteiger partial charge in [-0.1, -0.05) is 0 Å². The van der Waals surface area contributed by atoms with Gasteiger partial charge < -0.3 is 20.1 Å². The van der Waals surface area contributed by atoms with Crippen LogP contribution >= 0.6 is 0 Å². The number of ether oxygens (including phenoxy) is 1. The van der Waals surface area contributed by atoms with Gasteiger partial charge >= 0.3 is 5.97 Å². The SMILES string of the molecule is COC(=O)C(C)(O)CNCCC(=O)N1CCCCC1. The minimum Gasteiger partial charge on any atom is -0.467 e. The van der Waals surface area contributed by atoms with Crippen molar-refractivity contribution in [2.45, 2.75) is 38.2 Å². The Hall–Kier alpha value is -1.14. The maximum Gasteiger partial charge on any atom is 0.338 e. The molecule has 0 aromatic heterocycles. The van der Waals surface area contributed by atoms with Gasteiger partial charge in [0.15, 0.2) is 5.60 Å². The standard InChI is InChI=1S/C13H24N2O4/c1-13(18,12(17)19-2)10-14-7-6-11(16)15-8-4-3-5-9-15/h14,18H,3-10H2,1-2H3. The van der Waals surface area contributed by atoms with Crippen molar-refractivity contribution < 1.29 is 19.4 Å². The lowest BCUT2D eigenvalue weighted by atomic mass is 10.1. The number of carbonyl (C=O) groups is 2. The van der Waals surface area contributed by atoms with E-state index in [2.05, 4.69) is 10.1 Å². The topological polar surface area (TPSA) is 78.9 Å². The number of methoxy groups -OCH3 is 1. The number of nitrogens with zero attached hydrogens (tertiary/aromatic N) is 1. The van der Waals surface area contributed by atoms with Crippen LogP contribution in [0, 0.1) is 0 Å². The predicted octanol–water partition coefficient (Wildman–Crippen LogP) is -0.0974.